The lowest BCUT2D eigenvalue weighted by molar-refractivity contribution is 0.398. The fraction of sp³-hybridized carbons (Fsp3) is 0.188. The van der Waals surface area contributed by atoms with E-state index in [1.54, 1.807) is 37.7 Å². The molecule has 0 aromatic carbocycles. The van der Waals surface area contributed by atoms with Crippen LogP contribution < -0.4 is 16.2 Å². The summed E-state index contributed by atoms with van der Waals surface area (Å²) in [5.74, 6) is 0.521. The molecule has 0 aliphatic heterocycles. The van der Waals surface area contributed by atoms with Gasteiger partial charge in [-0.1, -0.05) is 0 Å². The minimum absolute atomic E-state index is 0.0208. The van der Waals surface area contributed by atoms with Crippen LogP contribution in [0, 0.1) is 0 Å². The fourth-order valence-corrected chi connectivity index (χ4v) is 2.31. The summed E-state index contributed by atoms with van der Waals surface area (Å²) in [7, 11) is 1.55. The second-order valence-corrected chi connectivity index (χ2v) is 5.14. The number of hydrogen-bond donors (Lipinski definition) is 1. The molecule has 0 amide bonds. The molecule has 3 heterocycles. The van der Waals surface area contributed by atoms with Gasteiger partial charge in [0.25, 0.3) is 0 Å². The molecule has 7 nitrogen and oxygen atoms in total. The Labute approximate surface area is 136 Å². The highest BCUT2D eigenvalue weighted by molar-refractivity contribution is 5.66. The van der Waals surface area contributed by atoms with Crippen molar-refractivity contribution < 1.29 is 9.13 Å². The number of rotatable bonds is 5. The lowest BCUT2D eigenvalue weighted by atomic mass is 10.1. The molecule has 2 N–H and O–H groups in total. The molecule has 0 aliphatic carbocycles. The first-order valence-electron chi connectivity index (χ1n) is 7.24. The van der Waals surface area contributed by atoms with Crippen molar-refractivity contribution in [2.24, 2.45) is 5.73 Å². The van der Waals surface area contributed by atoms with E-state index in [0.29, 0.717) is 23.4 Å². The number of fused-ring (bicyclic) bond motifs is 1. The van der Waals surface area contributed by atoms with Crippen LogP contribution in [-0.4, -0.2) is 32.8 Å². The predicted molar refractivity (Wildman–Crippen MR) is 87.5 cm³/mol. The largest absolute Gasteiger partial charge is 0.481 e. The van der Waals surface area contributed by atoms with Crippen LogP contribution >= 0.6 is 0 Å². The number of nitrogens with two attached hydrogens (primary N) is 1. The van der Waals surface area contributed by atoms with Gasteiger partial charge < -0.3 is 10.5 Å². The highest BCUT2D eigenvalue weighted by Crippen LogP contribution is 2.20. The van der Waals surface area contributed by atoms with Crippen molar-refractivity contribution >= 4 is 5.65 Å². The lowest BCUT2D eigenvalue weighted by Crippen LogP contribution is -2.23. The fourth-order valence-electron chi connectivity index (χ4n) is 2.31. The molecule has 24 heavy (non-hydrogen) atoms. The molecule has 3 aromatic heterocycles. The molecule has 0 bridgehead atoms. The van der Waals surface area contributed by atoms with Gasteiger partial charge in [0, 0.05) is 30.6 Å². The number of halogens is 1. The molecule has 0 unspecified atom stereocenters. The third-order valence-electron chi connectivity index (χ3n) is 3.63. The molecule has 0 saturated heterocycles. The smallest absolute Gasteiger partial charge is 0.350 e. The Hall–Kier alpha value is -3.00. The predicted octanol–water partition coefficient (Wildman–Crippen LogP) is 1.38. The van der Waals surface area contributed by atoms with E-state index >= 15 is 0 Å². The maximum atomic E-state index is 12.7. The lowest BCUT2D eigenvalue weighted by Gasteiger charge is -2.02. The highest BCUT2D eigenvalue weighted by atomic mass is 19.1. The first-order chi connectivity index (χ1) is 11.7. The van der Waals surface area contributed by atoms with Gasteiger partial charge >= 0.3 is 5.69 Å². The zero-order valence-corrected chi connectivity index (χ0v) is 13.0. The van der Waals surface area contributed by atoms with Crippen molar-refractivity contribution in [1.29, 1.82) is 0 Å². The minimum Gasteiger partial charge on any atom is -0.481 e. The second kappa shape index (κ2) is 6.63. The summed E-state index contributed by atoms with van der Waals surface area (Å²) in [6.07, 6.45) is 3.71. The van der Waals surface area contributed by atoms with Crippen LogP contribution in [0.5, 0.6) is 5.88 Å². The van der Waals surface area contributed by atoms with Gasteiger partial charge in [0.05, 0.1) is 20.0 Å². The van der Waals surface area contributed by atoms with Crippen LogP contribution in [0.2, 0.25) is 0 Å². The van der Waals surface area contributed by atoms with E-state index in [0.717, 1.165) is 11.1 Å². The standard InChI is InChI=1S/C16H16FN5O2/c1-24-15-3-2-13(9-19-15)12-4-5-21-14(6-12)20-22(16(21)23)10-11(7-17)8-18/h2-7,9H,8,10,18H2,1H3/b11-7+. The van der Waals surface area contributed by atoms with E-state index in [1.165, 1.54) is 9.08 Å². The van der Waals surface area contributed by atoms with Gasteiger partial charge in [-0.25, -0.2) is 18.9 Å². The molecule has 0 spiro atoms. The third kappa shape index (κ3) is 2.91. The van der Waals surface area contributed by atoms with E-state index in [9.17, 15) is 9.18 Å². The maximum absolute atomic E-state index is 12.7. The number of hydrogen-bond acceptors (Lipinski definition) is 5. The van der Waals surface area contributed by atoms with Crippen molar-refractivity contribution in [2.45, 2.75) is 6.54 Å². The molecule has 0 atom stereocenters. The Morgan fingerprint density at radius 2 is 2.21 bits per heavy atom. The Balaban J connectivity index is 2.00. The van der Waals surface area contributed by atoms with Crippen LogP contribution in [0.1, 0.15) is 0 Å². The molecule has 0 saturated carbocycles. The molecule has 0 fully saturated rings. The molecule has 0 aliphatic rings. The zero-order chi connectivity index (χ0) is 17.1. The summed E-state index contributed by atoms with van der Waals surface area (Å²) in [5.41, 5.74) is 7.55. The van der Waals surface area contributed by atoms with Gasteiger partial charge in [0.15, 0.2) is 5.65 Å². The van der Waals surface area contributed by atoms with Crippen LogP contribution in [-0.2, 0) is 6.54 Å². The zero-order valence-electron chi connectivity index (χ0n) is 13.0. The van der Waals surface area contributed by atoms with Gasteiger partial charge in [-0.05, 0) is 29.3 Å². The number of methoxy groups -OCH3 is 1. The van der Waals surface area contributed by atoms with E-state index in [4.69, 9.17) is 10.5 Å². The van der Waals surface area contributed by atoms with Gasteiger partial charge in [-0.15, -0.1) is 5.10 Å². The van der Waals surface area contributed by atoms with Crippen molar-refractivity contribution in [1.82, 2.24) is 19.2 Å². The molecular weight excluding hydrogens is 313 g/mol. The van der Waals surface area contributed by atoms with E-state index in [1.807, 2.05) is 6.07 Å². The van der Waals surface area contributed by atoms with Crippen molar-refractivity contribution in [3.63, 3.8) is 0 Å². The topological polar surface area (TPSA) is 87.4 Å². The Morgan fingerprint density at radius 1 is 1.38 bits per heavy atom. The molecule has 0 radical (unpaired) electrons. The van der Waals surface area contributed by atoms with Crippen LogP contribution in [0.4, 0.5) is 4.39 Å². The summed E-state index contributed by atoms with van der Waals surface area (Å²) >= 11 is 0. The number of ether oxygens (including phenoxy) is 1. The molecular formula is C16H16FN5O2. The van der Waals surface area contributed by atoms with Gasteiger partial charge in [0.1, 0.15) is 0 Å². The monoisotopic (exact) mass is 329 g/mol. The van der Waals surface area contributed by atoms with E-state index in [2.05, 4.69) is 10.1 Å². The van der Waals surface area contributed by atoms with Gasteiger partial charge in [-0.3, -0.25) is 4.40 Å². The number of nitrogens with zero attached hydrogens (tertiary/aromatic N) is 4. The SMILES string of the molecule is COc1ccc(-c2ccn3c(=O)n(C/C(=C/F)CN)nc3c2)cn1. The van der Waals surface area contributed by atoms with Crippen LogP contribution in [0.25, 0.3) is 16.8 Å². The summed E-state index contributed by atoms with van der Waals surface area (Å²) in [4.78, 5) is 16.4. The average molecular weight is 329 g/mol. The Morgan fingerprint density at radius 3 is 2.83 bits per heavy atom. The quantitative estimate of drug-likeness (QED) is 0.764. The molecule has 3 aromatic rings. The Kier molecular flexibility index (Phi) is 4.39. The summed E-state index contributed by atoms with van der Waals surface area (Å²) in [6, 6.07) is 7.18. The second-order valence-electron chi connectivity index (χ2n) is 5.14. The summed E-state index contributed by atoms with van der Waals surface area (Å²) < 4.78 is 20.3. The first-order valence-corrected chi connectivity index (χ1v) is 7.24. The molecule has 3 rings (SSSR count). The third-order valence-corrected chi connectivity index (χ3v) is 3.63. The van der Waals surface area contributed by atoms with Gasteiger partial charge in [-0.2, -0.15) is 0 Å². The van der Waals surface area contributed by atoms with E-state index < -0.39 is 0 Å². The summed E-state index contributed by atoms with van der Waals surface area (Å²) in [6.45, 7) is 0.0481. The molecule has 8 heteroatoms. The average Bonchev–Trinajstić information content (AvgIpc) is 2.94. The first kappa shape index (κ1) is 15.9. The van der Waals surface area contributed by atoms with Crippen molar-refractivity contribution in [3.05, 3.63) is 59.0 Å². The number of pyridine rings is 2. The maximum Gasteiger partial charge on any atom is 0.350 e. The van der Waals surface area contributed by atoms with E-state index in [-0.39, 0.29) is 18.8 Å². The van der Waals surface area contributed by atoms with Crippen LogP contribution in [0.15, 0.2) is 53.4 Å². The highest BCUT2D eigenvalue weighted by Gasteiger charge is 2.10. The molecule has 124 valence electrons. The number of aromatic nitrogens is 4. The Bertz CT molecular complexity index is 943. The minimum atomic E-state index is -0.350. The van der Waals surface area contributed by atoms with Crippen molar-refractivity contribution in [2.75, 3.05) is 13.7 Å². The van der Waals surface area contributed by atoms with Crippen molar-refractivity contribution in [3.8, 4) is 17.0 Å². The van der Waals surface area contributed by atoms with Crippen LogP contribution in [0.3, 0.4) is 0 Å². The summed E-state index contributed by atoms with van der Waals surface area (Å²) in [5, 5.41) is 4.23. The normalized spacial score (nSPS) is 11.9. The van der Waals surface area contributed by atoms with Gasteiger partial charge in [0.2, 0.25) is 5.88 Å².